The average Bonchev–Trinajstić information content (AvgIpc) is 2.43. The quantitative estimate of drug-likeness (QED) is 0.401. The van der Waals surface area contributed by atoms with Crippen LogP contribution in [0.5, 0.6) is 0 Å². The summed E-state index contributed by atoms with van der Waals surface area (Å²) in [5.74, 6) is 0. The van der Waals surface area contributed by atoms with Crippen LogP contribution in [0.25, 0.3) is 11.0 Å². The minimum absolute atomic E-state index is 0. The van der Waals surface area contributed by atoms with Gasteiger partial charge in [0.05, 0.1) is 0 Å². The van der Waals surface area contributed by atoms with Gasteiger partial charge in [-0.3, -0.25) is 14.5 Å². The summed E-state index contributed by atoms with van der Waals surface area (Å²) in [6.45, 7) is 1.80. The fraction of sp³-hybridized carbons (Fsp3) is 0.286. The van der Waals surface area contributed by atoms with Gasteiger partial charge in [-0.1, -0.05) is 0 Å². The summed E-state index contributed by atoms with van der Waals surface area (Å²) in [4.78, 5) is 14.5. The van der Waals surface area contributed by atoms with E-state index >= 15 is 0 Å². The van der Waals surface area contributed by atoms with Crippen molar-refractivity contribution < 1.29 is 52.8 Å². The Morgan fingerprint density at radius 1 is 1.57 bits per heavy atom. The van der Waals surface area contributed by atoms with Gasteiger partial charge in [0.15, 0.2) is 10.4 Å². The van der Waals surface area contributed by atoms with Gasteiger partial charge in [0, 0.05) is 12.7 Å². The molecule has 0 aromatic carbocycles. The Kier molecular flexibility index (Phi) is 3.84. The molecular weight excluding hydrogens is 227 g/mol. The molecule has 0 radical (unpaired) electrons. The number of aryl methyl sites for hydroxylation is 1. The standard InChI is InChI=1S/C7H8N4OS.K.H/c1-3-4-5(10-9-3)8-7(13)11(2)6(4)12;;/h1-2H3,(H2,8,9,10,13);;/q;+1;-1. The summed E-state index contributed by atoms with van der Waals surface area (Å²) in [7, 11) is 1.63. The maximum absolute atomic E-state index is 11.6. The van der Waals surface area contributed by atoms with Crippen molar-refractivity contribution in [1.82, 2.24) is 19.7 Å². The van der Waals surface area contributed by atoms with Crippen molar-refractivity contribution in [1.29, 1.82) is 0 Å². The predicted molar refractivity (Wildman–Crippen MR) is 52.4 cm³/mol. The van der Waals surface area contributed by atoms with E-state index in [9.17, 15) is 4.79 Å². The molecule has 0 bridgehead atoms. The summed E-state index contributed by atoms with van der Waals surface area (Å²) in [5.41, 5.74) is 1.15. The molecule has 5 nitrogen and oxygen atoms in total. The molecule has 2 aromatic rings. The van der Waals surface area contributed by atoms with E-state index in [-0.39, 0.29) is 58.4 Å². The summed E-state index contributed by atoms with van der Waals surface area (Å²) in [6.07, 6.45) is 0. The fourth-order valence-electron chi connectivity index (χ4n) is 1.23. The van der Waals surface area contributed by atoms with E-state index in [0.29, 0.717) is 15.8 Å². The van der Waals surface area contributed by atoms with Crippen molar-refractivity contribution in [2.24, 2.45) is 7.05 Å². The average molecular weight is 236 g/mol. The van der Waals surface area contributed by atoms with Gasteiger partial charge in [-0.2, -0.15) is 5.10 Å². The van der Waals surface area contributed by atoms with Crippen molar-refractivity contribution in [2.75, 3.05) is 0 Å². The second-order valence-electron chi connectivity index (χ2n) is 2.87. The molecule has 2 aromatic heterocycles. The molecule has 0 saturated heterocycles. The Labute approximate surface area is 129 Å². The maximum atomic E-state index is 11.6. The van der Waals surface area contributed by atoms with Crippen molar-refractivity contribution >= 4 is 23.3 Å². The Morgan fingerprint density at radius 2 is 2.21 bits per heavy atom. The van der Waals surface area contributed by atoms with Gasteiger partial charge in [-0.15, -0.1) is 0 Å². The van der Waals surface area contributed by atoms with Crippen LogP contribution in [0.15, 0.2) is 4.79 Å². The monoisotopic (exact) mass is 236 g/mol. The number of H-pyrrole nitrogens is 2. The van der Waals surface area contributed by atoms with Crippen LogP contribution < -0.4 is 56.9 Å². The number of aromatic nitrogens is 4. The molecule has 2 heterocycles. The first-order valence-corrected chi connectivity index (χ1v) is 4.16. The smallest absolute Gasteiger partial charge is 1.00 e. The molecule has 2 N–H and O–H groups in total. The number of hydrogen-bond donors (Lipinski definition) is 2. The van der Waals surface area contributed by atoms with E-state index in [0.717, 1.165) is 5.69 Å². The Bertz CT molecular complexity index is 587. The molecule has 14 heavy (non-hydrogen) atoms. The van der Waals surface area contributed by atoms with Crippen LogP contribution in [-0.2, 0) is 7.05 Å². The molecule has 0 fully saturated rings. The predicted octanol–water partition coefficient (Wildman–Crippen LogP) is -2.26. The van der Waals surface area contributed by atoms with Gasteiger partial charge in [0.25, 0.3) is 5.56 Å². The molecule has 0 spiro atoms. The minimum atomic E-state index is -0.120. The van der Waals surface area contributed by atoms with Crippen LogP contribution in [0, 0.1) is 11.7 Å². The summed E-state index contributed by atoms with van der Waals surface area (Å²) in [6, 6.07) is 0. The van der Waals surface area contributed by atoms with Crippen LogP contribution in [0.1, 0.15) is 7.12 Å². The first-order chi connectivity index (χ1) is 6.11. The normalized spacial score (nSPS) is 10.1. The van der Waals surface area contributed by atoms with E-state index in [4.69, 9.17) is 12.2 Å². The second kappa shape index (κ2) is 4.38. The van der Waals surface area contributed by atoms with Crippen LogP contribution in [0.4, 0.5) is 0 Å². The number of nitrogens with one attached hydrogen (secondary N) is 2. The molecule has 0 unspecified atom stereocenters. The van der Waals surface area contributed by atoms with Gasteiger partial charge < -0.3 is 6.41 Å². The summed E-state index contributed by atoms with van der Waals surface area (Å²) in [5, 5.41) is 7.22. The van der Waals surface area contributed by atoms with Crippen molar-refractivity contribution in [3.05, 3.63) is 20.8 Å². The van der Waals surface area contributed by atoms with Crippen LogP contribution >= 0.6 is 12.2 Å². The first-order valence-electron chi connectivity index (χ1n) is 3.75. The number of aromatic amines is 2. The Balaban J connectivity index is 0.000000980. The van der Waals surface area contributed by atoms with E-state index in [1.807, 2.05) is 0 Å². The molecule has 0 atom stereocenters. The van der Waals surface area contributed by atoms with Gasteiger partial charge in [-0.05, 0) is 19.1 Å². The van der Waals surface area contributed by atoms with Crippen molar-refractivity contribution in [3.63, 3.8) is 0 Å². The molecule has 0 aliphatic rings. The zero-order chi connectivity index (χ0) is 9.59. The van der Waals surface area contributed by atoms with Crippen molar-refractivity contribution in [3.8, 4) is 0 Å². The molecule has 2 rings (SSSR count). The van der Waals surface area contributed by atoms with Crippen molar-refractivity contribution in [2.45, 2.75) is 6.92 Å². The number of hydrogen-bond acceptors (Lipinski definition) is 3. The summed E-state index contributed by atoms with van der Waals surface area (Å²) >= 11 is 4.93. The molecule has 7 heteroatoms. The van der Waals surface area contributed by atoms with Gasteiger partial charge >= 0.3 is 51.4 Å². The van der Waals surface area contributed by atoms with E-state index < -0.39 is 0 Å². The third kappa shape index (κ3) is 1.80. The van der Waals surface area contributed by atoms with Crippen LogP contribution in [0.2, 0.25) is 0 Å². The molecular formula is C7H9KN4OS. The zero-order valence-electron chi connectivity index (χ0n) is 9.21. The van der Waals surface area contributed by atoms with Crippen LogP contribution in [0.3, 0.4) is 0 Å². The number of nitrogens with zero attached hydrogens (tertiary/aromatic N) is 2. The third-order valence-electron chi connectivity index (χ3n) is 2.00. The molecule has 0 aliphatic heterocycles. The Hall–Kier alpha value is 0.206. The molecule has 0 aliphatic carbocycles. The van der Waals surface area contributed by atoms with E-state index in [2.05, 4.69) is 15.2 Å². The first kappa shape index (κ1) is 12.3. The van der Waals surface area contributed by atoms with Gasteiger partial charge in [0.2, 0.25) is 0 Å². The molecule has 0 amide bonds. The minimum Gasteiger partial charge on any atom is -1.00 e. The van der Waals surface area contributed by atoms with Gasteiger partial charge in [0.1, 0.15) is 5.39 Å². The number of rotatable bonds is 0. The molecule has 0 saturated carbocycles. The zero-order valence-corrected chi connectivity index (χ0v) is 12.2. The topological polar surface area (TPSA) is 66.5 Å². The Morgan fingerprint density at radius 3 is 2.86 bits per heavy atom. The maximum Gasteiger partial charge on any atom is 1.00 e. The fourth-order valence-corrected chi connectivity index (χ4v) is 1.41. The van der Waals surface area contributed by atoms with Gasteiger partial charge in [-0.25, -0.2) is 0 Å². The van der Waals surface area contributed by atoms with E-state index in [1.54, 1.807) is 14.0 Å². The largest absolute Gasteiger partial charge is 1.00 e. The van der Waals surface area contributed by atoms with E-state index in [1.165, 1.54) is 4.57 Å². The SMILES string of the molecule is Cc1[nH]nc2[nH]c(=S)n(C)c(=O)c12.[H-].[K+]. The third-order valence-corrected chi connectivity index (χ3v) is 2.37. The second-order valence-corrected chi connectivity index (χ2v) is 3.25. The summed E-state index contributed by atoms with van der Waals surface area (Å²) < 4.78 is 1.77. The van der Waals surface area contributed by atoms with Crippen LogP contribution in [-0.4, -0.2) is 19.7 Å². The number of fused-ring (bicyclic) bond motifs is 1. The molecule has 70 valence electrons.